The quantitative estimate of drug-likeness (QED) is 0.878. The van der Waals surface area contributed by atoms with Crippen molar-refractivity contribution in [2.45, 2.75) is 13.3 Å². The second kappa shape index (κ2) is 4.05. The largest absolute Gasteiger partial charge is 0.481 e. The molecule has 0 saturated heterocycles. The molecule has 2 aromatic rings. The first-order chi connectivity index (χ1) is 7.58. The molecule has 1 N–H and O–H groups in total. The first-order valence-electron chi connectivity index (χ1n) is 4.73. The molecule has 0 amide bonds. The van der Waals surface area contributed by atoms with E-state index in [0.717, 1.165) is 21.4 Å². The monoisotopic (exact) mass is 237 g/mol. The van der Waals surface area contributed by atoms with Gasteiger partial charge in [-0.3, -0.25) is 4.79 Å². The summed E-state index contributed by atoms with van der Waals surface area (Å²) in [4.78, 5) is 19.9. The maximum atomic E-state index is 10.6. The van der Waals surface area contributed by atoms with Gasteiger partial charge in [0.2, 0.25) is 0 Å². The Morgan fingerprint density at radius 1 is 1.62 bits per heavy atom. The second-order valence-electron chi connectivity index (χ2n) is 3.46. The average Bonchev–Trinajstić information content (AvgIpc) is 2.73. The topological polar surface area (TPSA) is 68.0 Å². The fourth-order valence-corrected chi connectivity index (χ4v) is 2.49. The molecule has 0 fully saturated rings. The van der Waals surface area contributed by atoms with E-state index in [0.29, 0.717) is 0 Å². The number of rotatable bonds is 3. The van der Waals surface area contributed by atoms with Crippen LogP contribution < -0.4 is 0 Å². The van der Waals surface area contributed by atoms with E-state index in [4.69, 9.17) is 5.11 Å². The Bertz CT molecular complexity index is 530. The van der Waals surface area contributed by atoms with Gasteiger partial charge in [-0.15, -0.1) is 11.3 Å². The molecule has 6 heteroatoms. The molecule has 0 spiro atoms. The van der Waals surface area contributed by atoms with Crippen molar-refractivity contribution in [3.63, 3.8) is 0 Å². The number of aryl methyl sites for hydroxylation is 2. The summed E-state index contributed by atoms with van der Waals surface area (Å²) in [5.74, 6) is -0.0668. The highest BCUT2D eigenvalue weighted by Crippen LogP contribution is 2.26. The number of nitrogens with zero attached hydrogens (tertiary/aromatic N) is 3. The molecule has 0 radical (unpaired) electrons. The van der Waals surface area contributed by atoms with Crippen LogP contribution in [0.5, 0.6) is 0 Å². The maximum absolute atomic E-state index is 10.6. The van der Waals surface area contributed by atoms with Gasteiger partial charge in [-0.05, 0) is 6.92 Å². The van der Waals surface area contributed by atoms with Crippen molar-refractivity contribution < 1.29 is 9.90 Å². The van der Waals surface area contributed by atoms with Gasteiger partial charge in [0.1, 0.15) is 0 Å². The molecule has 0 aliphatic rings. The van der Waals surface area contributed by atoms with Crippen molar-refractivity contribution in [3.8, 4) is 10.8 Å². The summed E-state index contributed by atoms with van der Waals surface area (Å²) in [5.41, 5.74) is 0.769. The molecule has 0 aliphatic carbocycles. The van der Waals surface area contributed by atoms with Gasteiger partial charge in [-0.2, -0.15) is 0 Å². The Hall–Kier alpha value is -1.69. The van der Waals surface area contributed by atoms with Crippen molar-refractivity contribution in [1.82, 2.24) is 14.5 Å². The van der Waals surface area contributed by atoms with Crippen LogP contribution in [0.2, 0.25) is 0 Å². The predicted molar refractivity (Wildman–Crippen MR) is 60.4 cm³/mol. The van der Waals surface area contributed by atoms with Gasteiger partial charge in [0.25, 0.3) is 0 Å². The minimum absolute atomic E-state index is 0.0217. The van der Waals surface area contributed by atoms with Crippen LogP contribution in [0.1, 0.15) is 10.6 Å². The van der Waals surface area contributed by atoms with Crippen LogP contribution in [0.4, 0.5) is 0 Å². The predicted octanol–water partition coefficient (Wildman–Crippen LogP) is 1.48. The van der Waals surface area contributed by atoms with Crippen molar-refractivity contribution in [1.29, 1.82) is 0 Å². The number of hydrogen-bond donors (Lipinski definition) is 1. The molecular weight excluding hydrogens is 226 g/mol. The molecule has 84 valence electrons. The summed E-state index contributed by atoms with van der Waals surface area (Å²) < 4.78 is 1.86. The van der Waals surface area contributed by atoms with Crippen molar-refractivity contribution in [2.24, 2.45) is 7.05 Å². The van der Waals surface area contributed by atoms with Crippen molar-refractivity contribution in [2.75, 3.05) is 0 Å². The van der Waals surface area contributed by atoms with Crippen LogP contribution in [-0.2, 0) is 18.3 Å². The molecule has 2 heterocycles. The van der Waals surface area contributed by atoms with E-state index in [2.05, 4.69) is 9.97 Å². The number of hydrogen-bond acceptors (Lipinski definition) is 4. The van der Waals surface area contributed by atoms with E-state index < -0.39 is 5.97 Å². The third-order valence-electron chi connectivity index (χ3n) is 2.22. The number of aliphatic carboxylic acids is 1. The number of aromatic nitrogens is 3. The maximum Gasteiger partial charge on any atom is 0.308 e. The molecule has 0 saturated carbocycles. The van der Waals surface area contributed by atoms with Gasteiger partial charge < -0.3 is 9.67 Å². The van der Waals surface area contributed by atoms with Crippen LogP contribution >= 0.6 is 11.3 Å². The fraction of sp³-hybridized carbons (Fsp3) is 0.300. The third kappa shape index (κ3) is 1.96. The lowest BCUT2D eigenvalue weighted by Crippen LogP contribution is -1.99. The molecule has 2 rings (SSSR count). The Morgan fingerprint density at radius 2 is 2.38 bits per heavy atom. The van der Waals surface area contributed by atoms with E-state index in [1.165, 1.54) is 11.3 Å². The van der Waals surface area contributed by atoms with E-state index in [1.54, 1.807) is 6.20 Å². The van der Waals surface area contributed by atoms with E-state index in [9.17, 15) is 4.79 Å². The van der Waals surface area contributed by atoms with E-state index in [-0.39, 0.29) is 6.42 Å². The summed E-state index contributed by atoms with van der Waals surface area (Å²) in [6.45, 7) is 1.82. The van der Waals surface area contributed by atoms with Crippen molar-refractivity contribution in [3.05, 3.63) is 23.0 Å². The summed E-state index contributed by atoms with van der Waals surface area (Å²) in [6, 6.07) is 0. The SMILES string of the molecule is Cc1nc(-c2nccn2C)sc1CC(=O)O. The normalized spacial score (nSPS) is 10.6. The van der Waals surface area contributed by atoms with Crippen LogP contribution in [-0.4, -0.2) is 25.6 Å². The number of imidazole rings is 1. The Labute approximate surface area is 96.4 Å². The summed E-state index contributed by atoms with van der Waals surface area (Å²) in [5, 5.41) is 9.51. The van der Waals surface area contributed by atoms with Gasteiger partial charge in [0.05, 0.1) is 12.1 Å². The zero-order valence-corrected chi connectivity index (χ0v) is 9.78. The molecule has 0 bridgehead atoms. The Kier molecular flexibility index (Phi) is 2.74. The van der Waals surface area contributed by atoms with Crippen LogP contribution in [0, 0.1) is 6.92 Å². The zero-order chi connectivity index (χ0) is 11.7. The standard InChI is InChI=1S/C10H11N3O2S/c1-6-7(5-8(14)15)16-10(12-6)9-11-3-4-13(9)2/h3-4H,5H2,1-2H3,(H,14,15). The number of carbonyl (C=O) groups is 1. The number of thiazole rings is 1. The average molecular weight is 237 g/mol. The highest BCUT2D eigenvalue weighted by atomic mass is 32.1. The molecule has 5 nitrogen and oxygen atoms in total. The van der Waals surface area contributed by atoms with E-state index >= 15 is 0 Å². The lowest BCUT2D eigenvalue weighted by molar-refractivity contribution is -0.136. The molecule has 16 heavy (non-hydrogen) atoms. The number of carboxylic acids is 1. The summed E-state index contributed by atoms with van der Waals surface area (Å²) in [6.07, 6.45) is 3.56. The zero-order valence-electron chi connectivity index (χ0n) is 8.97. The fourth-order valence-electron chi connectivity index (χ4n) is 1.40. The summed E-state index contributed by atoms with van der Waals surface area (Å²) in [7, 11) is 1.88. The smallest absolute Gasteiger partial charge is 0.308 e. The first-order valence-corrected chi connectivity index (χ1v) is 5.55. The van der Waals surface area contributed by atoms with Crippen LogP contribution in [0.15, 0.2) is 12.4 Å². The lowest BCUT2D eigenvalue weighted by Gasteiger charge is -1.94. The Balaban J connectivity index is 2.38. The lowest BCUT2D eigenvalue weighted by atomic mass is 10.3. The van der Waals surface area contributed by atoms with Crippen LogP contribution in [0.3, 0.4) is 0 Å². The molecule has 0 aromatic carbocycles. The Morgan fingerprint density at radius 3 is 2.94 bits per heavy atom. The molecule has 0 atom stereocenters. The molecule has 2 aromatic heterocycles. The van der Waals surface area contributed by atoms with Gasteiger partial charge in [0.15, 0.2) is 10.8 Å². The first kappa shape index (κ1) is 10.8. The second-order valence-corrected chi connectivity index (χ2v) is 4.54. The highest BCUT2D eigenvalue weighted by Gasteiger charge is 2.14. The molecular formula is C10H11N3O2S. The third-order valence-corrected chi connectivity index (χ3v) is 3.37. The minimum atomic E-state index is -0.835. The minimum Gasteiger partial charge on any atom is -0.481 e. The van der Waals surface area contributed by atoms with Gasteiger partial charge in [-0.1, -0.05) is 0 Å². The number of carboxylic acid groups (broad SMARTS) is 1. The van der Waals surface area contributed by atoms with Gasteiger partial charge >= 0.3 is 5.97 Å². The molecule has 0 aliphatic heterocycles. The highest BCUT2D eigenvalue weighted by molar-refractivity contribution is 7.15. The van der Waals surface area contributed by atoms with Gasteiger partial charge in [0, 0.05) is 24.3 Å². The van der Waals surface area contributed by atoms with Crippen LogP contribution in [0.25, 0.3) is 10.8 Å². The van der Waals surface area contributed by atoms with E-state index in [1.807, 2.05) is 24.7 Å². The van der Waals surface area contributed by atoms with Crippen molar-refractivity contribution >= 4 is 17.3 Å². The summed E-state index contributed by atoms with van der Waals surface area (Å²) >= 11 is 1.38. The van der Waals surface area contributed by atoms with Gasteiger partial charge in [-0.25, -0.2) is 9.97 Å². The molecule has 0 unspecified atom stereocenters.